The SMILES string of the molecule is C=CC(=O)Nc1cc2c(Nc3ccc(OCc4ccccn4)nc3)ncnc2cc1O[C@@H]1CCN(C)C1. The third-order valence-electron chi connectivity index (χ3n) is 5.91. The van der Waals surface area contributed by atoms with E-state index in [1.165, 1.54) is 12.4 Å². The second-order valence-corrected chi connectivity index (χ2v) is 8.69. The lowest BCUT2D eigenvalue weighted by molar-refractivity contribution is -0.111. The molecule has 0 unspecified atom stereocenters. The summed E-state index contributed by atoms with van der Waals surface area (Å²) in [5.41, 5.74) is 2.75. The zero-order valence-corrected chi connectivity index (χ0v) is 20.4. The number of aromatic nitrogens is 4. The molecule has 1 atom stereocenters. The number of likely N-dealkylation sites (tertiary alicyclic amines) is 1. The number of anilines is 3. The predicted molar refractivity (Wildman–Crippen MR) is 141 cm³/mol. The number of benzene rings is 1. The van der Waals surface area contributed by atoms with E-state index in [2.05, 4.69) is 49.1 Å². The third-order valence-corrected chi connectivity index (χ3v) is 5.91. The molecule has 4 heterocycles. The van der Waals surface area contributed by atoms with Crippen LogP contribution in [0.2, 0.25) is 0 Å². The monoisotopic (exact) mass is 497 g/mol. The van der Waals surface area contributed by atoms with Crippen LogP contribution in [0.5, 0.6) is 11.6 Å². The molecule has 5 rings (SSSR count). The van der Waals surface area contributed by atoms with E-state index < -0.39 is 0 Å². The molecule has 10 heteroatoms. The minimum atomic E-state index is -0.329. The summed E-state index contributed by atoms with van der Waals surface area (Å²) in [6, 6.07) is 12.9. The first-order valence-corrected chi connectivity index (χ1v) is 11.9. The molecule has 1 fully saturated rings. The molecular formula is C27H27N7O3. The topological polar surface area (TPSA) is 114 Å². The van der Waals surface area contributed by atoms with Gasteiger partial charge < -0.3 is 25.0 Å². The number of likely N-dealkylation sites (N-methyl/N-ethyl adjacent to an activating group) is 1. The van der Waals surface area contributed by atoms with Gasteiger partial charge in [0.15, 0.2) is 0 Å². The lowest BCUT2D eigenvalue weighted by atomic mass is 10.1. The van der Waals surface area contributed by atoms with Gasteiger partial charge in [0.2, 0.25) is 11.8 Å². The van der Waals surface area contributed by atoms with Crippen LogP contribution in [-0.2, 0) is 11.4 Å². The number of nitrogens with one attached hydrogen (secondary N) is 2. The molecule has 0 bridgehead atoms. The van der Waals surface area contributed by atoms with Crippen molar-refractivity contribution in [3.63, 3.8) is 0 Å². The van der Waals surface area contributed by atoms with E-state index in [4.69, 9.17) is 9.47 Å². The molecule has 1 aromatic carbocycles. The fourth-order valence-electron chi connectivity index (χ4n) is 4.04. The normalized spacial score (nSPS) is 15.3. The van der Waals surface area contributed by atoms with Crippen LogP contribution in [-0.4, -0.2) is 57.0 Å². The smallest absolute Gasteiger partial charge is 0.247 e. The standard InChI is InChI=1S/C27H27N7O3/c1-3-25(35)33-23-12-21-22(13-24(23)37-20-9-11-34(2)15-20)30-17-31-27(21)32-18-7-8-26(29-14-18)36-16-19-6-4-5-10-28-19/h3-8,10,12-14,17,20H,1,9,11,15-16H2,2H3,(H,33,35)(H,30,31,32)/t20-/m1/s1. The Bertz CT molecular complexity index is 1400. The number of rotatable bonds is 9. The van der Waals surface area contributed by atoms with E-state index >= 15 is 0 Å². The first-order valence-electron chi connectivity index (χ1n) is 11.9. The van der Waals surface area contributed by atoms with Gasteiger partial charge >= 0.3 is 0 Å². The molecule has 188 valence electrons. The minimum absolute atomic E-state index is 0.0331. The van der Waals surface area contributed by atoms with Crippen LogP contribution in [0.1, 0.15) is 12.1 Å². The fraction of sp³-hybridized carbons (Fsp3) is 0.222. The van der Waals surface area contributed by atoms with Gasteiger partial charge in [-0.05, 0) is 43.8 Å². The molecule has 0 radical (unpaired) electrons. The Kier molecular flexibility index (Phi) is 7.18. The van der Waals surface area contributed by atoms with Crippen LogP contribution < -0.4 is 20.1 Å². The largest absolute Gasteiger partial charge is 0.487 e. The van der Waals surface area contributed by atoms with Crippen LogP contribution in [0.25, 0.3) is 10.9 Å². The Balaban J connectivity index is 1.37. The molecule has 1 saturated heterocycles. The summed E-state index contributed by atoms with van der Waals surface area (Å²) < 4.78 is 12.0. The quantitative estimate of drug-likeness (QED) is 0.332. The van der Waals surface area contributed by atoms with Crippen LogP contribution in [0.3, 0.4) is 0 Å². The van der Waals surface area contributed by atoms with Gasteiger partial charge in [-0.3, -0.25) is 9.78 Å². The number of amides is 1. The van der Waals surface area contributed by atoms with Crippen molar-refractivity contribution in [1.29, 1.82) is 0 Å². The number of hydrogen-bond donors (Lipinski definition) is 2. The predicted octanol–water partition coefficient (Wildman–Crippen LogP) is 3.95. The molecule has 1 aliphatic heterocycles. The van der Waals surface area contributed by atoms with Crippen molar-refractivity contribution in [1.82, 2.24) is 24.8 Å². The van der Waals surface area contributed by atoms with Crippen LogP contribution in [0, 0.1) is 0 Å². The average Bonchev–Trinajstić information content (AvgIpc) is 3.33. The Labute approximate surface area is 214 Å². The molecule has 37 heavy (non-hydrogen) atoms. The summed E-state index contributed by atoms with van der Waals surface area (Å²) >= 11 is 0. The number of carbonyl (C=O) groups is 1. The van der Waals surface area contributed by atoms with Gasteiger partial charge in [0.25, 0.3) is 0 Å². The van der Waals surface area contributed by atoms with E-state index in [1.807, 2.05) is 36.4 Å². The average molecular weight is 498 g/mol. The molecule has 1 amide bonds. The fourth-order valence-corrected chi connectivity index (χ4v) is 4.04. The summed E-state index contributed by atoms with van der Waals surface area (Å²) in [6.45, 7) is 5.67. The van der Waals surface area contributed by atoms with Gasteiger partial charge in [-0.2, -0.15) is 0 Å². The van der Waals surface area contributed by atoms with Gasteiger partial charge in [-0.1, -0.05) is 12.6 Å². The van der Waals surface area contributed by atoms with Gasteiger partial charge in [0.05, 0.1) is 28.8 Å². The molecule has 1 aliphatic rings. The van der Waals surface area contributed by atoms with Crippen LogP contribution >= 0.6 is 0 Å². The van der Waals surface area contributed by atoms with E-state index in [9.17, 15) is 4.79 Å². The highest BCUT2D eigenvalue weighted by molar-refractivity contribution is 6.03. The number of hydrogen-bond acceptors (Lipinski definition) is 9. The highest BCUT2D eigenvalue weighted by Gasteiger charge is 2.23. The van der Waals surface area contributed by atoms with Crippen LogP contribution in [0.4, 0.5) is 17.2 Å². The summed E-state index contributed by atoms with van der Waals surface area (Å²) in [7, 11) is 2.06. The Morgan fingerprint density at radius 2 is 2.11 bits per heavy atom. The summed E-state index contributed by atoms with van der Waals surface area (Å²) in [5, 5.41) is 6.85. The molecule has 10 nitrogen and oxygen atoms in total. The lowest BCUT2D eigenvalue weighted by Gasteiger charge is -2.18. The summed E-state index contributed by atoms with van der Waals surface area (Å²) in [4.78, 5) is 31.8. The zero-order valence-electron chi connectivity index (χ0n) is 20.4. The number of carbonyl (C=O) groups excluding carboxylic acids is 1. The molecule has 0 aliphatic carbocycles. The van der Waals surface area contributed by atoms with Crippen molar-refractivity contribution in [3.8, 4) is 11.6 Å². The Hall–Kier alpha value is -4.57. The van der Waals surface area contributed by atoms with Crippen molar-refractivity contribution in [3.05, 3.63) is 79.5 Å². The Morgan fingerprint density at radius 3 is 2.84 bits per heavy atom. The van der Waals surface area contributed by atoms with E-state index in [1.54, 1.807) is 18.5 Å². The van der Waals surface area contributed by atoms with Gasteiger partial charge in [0.1, 0.15) is 30.6 Å². The maximum absolute atomic E-state index is 12.1. The van der Waals surface area contributed by atoms with Crippen molar-refractivity contribution in [2.75, 3.05) is 30.8 Å². The minimum Gasteiger partial charge on any atom is -0.487 e. The van der Waals surface area contributed by atoms with Crippen molar-refractivity contribution in [2.24, 2.45) is 0 Å². The maximum atomic E-state index is 12.1. The summed E-state index contributed by atoms with van der Waals surface area (Å²) in [6.07, 6.45) is 7.04. The van der Waals surface area contributed by atoms with Crippen molar-refractivity contribution < 1.29 is 14.3 Å². The first kappa shape index (κ1) is 24.1. The van der Waals surface area contributed by atoms with Gasteiger partial charge in [0, 0.05) is 36.8 Å². The number of ether oxygens (including phenoxy) is 2. The molecule has 0 spiro atoms. The third kappa shape index (κ3) is 5.99. The van der Waals surface area contributed by atoms with Gasteiger partial charge in [-0.25, -0.2) is 15.0 Å². The summed E-state index contributed by atoms with van der Waals surface area (Å²) in [5.74, 6) is 1.28. The molecular weight excluding hydrogens is 470 g/mol. The lowest BCUT2D eigenvalue weighted by Crippen LogP contribution is -2.22. The maximum Gasteiger partial charge on any atom is 0.247 e. The van der Waals surface area contributed by atoms with Crippen molar-refractivity contribution in [2.45, 2.75) is 19.1 Å². The van der Waals surface area contributed by atoms with E-state index in [0.717, 1.165) is 30.9 Å². The first-order chi connectivity index (χ1) is 18.1. The second kappa shape index (κ2) is 11.0. The second-order valence-electron chi connectivity index (χ2n) is 8.69. The Morgan fingerprint density at radius 1 is 1.19 bits per heavy atom. The highest BCUT2D eigenvalue weighted by Crippen LogP contribution is 2.34. The molecule has 4 aromatic rings. The van der Waals surface area contributed by atoms with E-state index in [-0.39, 0.29) is 12.0 Å². The number of nitrogens with zero attached hydrogens (tertiary/aromatic N) is 5. The van der Waals surface area contributed by atoms with Gasteiger partial charge in [-0.15, -0.1) is 0 Å². The van der Waals surface area contributed by atoms with Crippen molar-refractivity contribution >= 4 is 34.0 Å². The molecule has 0 saturated carbocycles. The zero-order chi connectivity index (χ0) is 25.6. The van der Waals surface area contributed by atoms with E-state index in [0.29, 0.717) is 40.6 Å². The van der Waals surface area contributed by atoms with Crippen LogP contribution in [0.15, 0.2) is 73.8 Å². The number of fused-ring (bicyclic) bond motifs is 1. The molecule has 3 aromatic heterocycles. The highest BCUT2D eigenvalue weighted by atomic mass is 16.5. The number of pyridine rings is 2. The molecule has 2 N–H and O–H groups in total.